The van der Waals surface area contributed by atoms with Crippen molar-refractivity contribution in [3.8, 4) is 0 Å². The van der Waals surface area contributed by atoms with Crippen molar-refractivity contribution >= 4 is 11.9 Å². The molecule has 6 N–H and O–H groups in total. The third-order valence-corrected chi connectivity index (χ3v) is 19.2. The molecule has 11 nitrogen and oxygen atoms in total. The minimum Gasteiger partial charge on any atom is -0.466 e. The number of aliphatic hydroxyl groups excluding tert-OH is 5. The summed E-state index contributed by atoms with van der Waals surface area (Å²) in [4.78, 5) is 25.1. The summed E-state index contributed by atoms with van der Waals surface area (Å²) >= 11 is 0. The molecule has 0 spiro atoms. The summed E-state index contributed by atoms with van der Waals surface area (Å²) in [5.41, 5.74) is 0. The van der Waals surface area contributed by atoms with E-state index in [2.05, 4.69) is 55.6 Å². The van der Waals surface area contributed by atoms with Crippen molar-refractivity contribution < 1.29 is 49.3 Å². The predicted molar refractivity (Wildman–Crippen MR) is 394 cm³/mol. The molecule has 546 valence electrons. The van der Waals surface area contributed by atoms with Gasteiger partial charge in [0.15, 0.2) is 6.29 Å². The Labute approximate surface area is 574 Å². The van der Waals surface area contributed by atoms with Gasteiger partial charge in [0, 0.05) is 12.8 Å². The molecule has 93 heavy (non-hydrogen) atoms. The number of unbranched alkanes of at least 4 members (excludes halogenated alkanes) is 52. The van der Waals surface area contributed by atoms with Gasteiger partial charge in [-0.1, -0.05) is 351 Å². The van der Waals surface area contributed by atoms with Gasteiger partial charge in [-0.05, 0) is 83.5 Å². The highest BCUT2D eigenvalue weighted by atomic mass is 16.7. The molecule has 0 saturated carbocycles. The fourth-order valence-electron chi connectivity index (χ4n) is 12.8. The van der Waals surface area contributed by atoms with Crippen molar-refractivity contribution in [2.24, 2.45) is 0 Å². The Hall–Kier alpha value is -2.38. The molecule has 1 aliphatic heterocycles. The number of hydrogen-bond acceptors (Lipinski definition) is 10. The number of carbonyl (C=O) groups is 2. The molecule has 0 aliphatic carbocycles. The van der Waals surface area contributed by atoms with Gasteiger partial charge < -0.3 is 45.1 Å². The van der Waals surface area contributed by atoms with Crippen molar-refractivity contribution in [2.75, 3.05) is 19.8 Å². The maximum atomic E-state index is 13.1. The van der Waals surface area contributed by atoms with E-state index in [-0.39, 0.29) is 18.5 Å². The predicted octanol–water partition coefficient (Wildman–Crippen LogP) is 21.9. The van der Waals surface area contributed by atoms with Crippen LogP contribution in [-0.2, 0) is 23.8 Å². The minimum atomic E-state index is -1.57. The summed E-state index contributed by atoms with van der Waals surface area (Å²) < 4.78 is 16.8. The number of esters is 1. The maximum absolute atomic E-state index is 13.1. The van der Waals surface area contributed by atoms with E-state index in [0.717, 1.165) is 64.2 Å². The summed E-state index contributed by atoms with van der Waals surface area (Å²) in [7, 11) is 0. The molecule has 1 heterocycles. The molecule has 7 atom stereocenters. The number of carbonyl (C=O) groups excluding carboxylic acids is 2. The molecule has 0 radical (unpaired) electrons. The van der Waals surface area contributed by atoms with Crippen molar-refractivity contribution in [3.63, 3.8) is 0 Å². The Morgan fingerprint density at radius 3 is 1.13 bits per heavy atom. The summed E-state index contributed by atoms with van der Waals surface area (Å²) in [5, 5.41) is 54.5. The van der Waals surface area contributed by atoms with E-state index in [9.17, 15) is 35.1 Å². The first-order valence-electron chi connectivity index (χ1n) is 40.4. The second-order valence-corrected chi connectivity index (χ2v) is 28.1. The van der Waals surface area contributed by atoms with E-state index >= 15 is 0 Å². The number of amides is 1. The third-order valence-electron chi connectivity index (χ3n) is 19.2. The highest BCUT2D eigenvalue weighted by molar-refractivity contribution is 5.76. The van der Waals surface area contributed by atoms with E-state index in [1.54, 1.807) is 6.08 Å². The van der Waals surface area contributed by atoms with Crippen molar-refractivity contribution in [3.05, 3.63) is 48.6 Å². The van der Waals surface area contributed by atoms with Crippen LogP contribution in [0.4, 0.5) is 0 Å². The fraction of sp³-hybridized carbons (Fsp3) is 0.878. The van der Waals surface area contributed by atoms with Crippen molar-refractivity contribution in [2.45, 2.75) is 442 Å². The quantitative estimate of drug-likeness (QED) is 0.0195. The van der Waals surface area contributed by atoms with E-state index < -0.39 is 49.5 Å². The van der Waals surface area contributed by atoms with Crippen LogP contribution in [0.1, 0.15) is 399 Å². The van der Waals surface area contributed by atoms with Gasteiger partial charge in [-0.2, -0.15) is 0 Å². The Morgan fingerprint density at radius 1 is 0.398 bits per heavy atom. The van der Waals surface area contributed by atoms with Gasteiger partial charge >= 0.3 is 5.97 Å². The summed E-state index contributed by atoms with van der Waals surface area (Å²) in [6, 6.07) is -0.807. The zero-order valence-electron chi connectivity index (χ0n) is 61.0. The van der Waals surface area contributed by atoms with E-state index in [4.69, 9.17) is 14.2 Å². The normalized spacial score (nSPS) is 17.7. The number of hydrogen-bond donors (Lipinski definition) is 6. The lowest BCUT2D eigenvalue weighted by molar-refractivity contribution is -0.302. The average Bonchev–Trinajstić information content (AvgIpc) is 0.981. The monoisotopic (exact) mass is 1310 g/mol. The van der Waals surface area contributed by atoms with Gasteiger partial charge in [0.2, 0.25) is 5.91 Å². The summed E-state index contributed by atoms with van der Waals surface area (Å²) in [6.07, 6.45) is 84.4. The highest BCUT2D eigenvalue weighted by Gasteiger charge is 2.44. The van der Waals surface area contributed by atoms with Gasteiger partial charge in [-0.3, -0.25) is 9.59 Å². The fourth-order valence-corrected chi connectivity index (χ4v) is 12.8. The lowest BCUT2D eigenvalue weighted by atomic mass is 9.99. The van der Waals surface area contributed by atoms with Crippen LogP contribution in [0.15, 0.2) is 48.6 Å². The molecule has 1 aliphatic rings. The first kappa shape index (κ1) is 88.6. The Kier molecular flexibility index (Phi) is 67.6. The van der Waals surface area contributed by atoms with E-state index in [0.29, 0.717) is 19.4 Å². The molecule has 1 amide bonds. The van der Waals surface area contributed by atoms with E-state index in [1.165, 1.54) is 308 Å². The third kappa shape index (κ3) is 59.4. The van der Waals surface area contributed by atoms with Crippen LogP contribution in [0.25, 0.3) is 0 Å². The number of aliphatic hydroxyl groups is 5. The molecule has 1 saturated heterocycles. The molecule has 1 fully saturated rings. The van der Waals surface area contributed by atoms with Crippen LogP contribution in [0.5, 0.6) is 0 Å². The van der Waals surface area contributed by atoms with Crippen molar-refractivity contribution in [1.82, 2.24) is 5.32 Å². The summed E-state index contributed by atoms with van der Waals surface area (Å²) in [5.74, 6) is -0.173. The summed E-state index contributed by atoms with van der Waals surface area (Å²) in [6.45, 7) is 4.34. The molecular formula is C82H153NO10. The number of rotatable bonds is 72. The standard InChI is InChI=1S/C82H153NO10/c1-3-5-7-9-11-13-15-17-46-50-54-58-62-66-70-78(87)91-71-67-63-59-55-51-47-44-42-40-38-36-34-32-30-28-26-24-22-20-18-19-21-23-25-27-29-31-33-35-37-39-41-43-45-49-53-57-61-65-69-77(86)83-74(73-92-82-81(90)80(89)79(88)76(72-84)93-82)75(85)68-64-60-56-52-48-16-14-12-10-8-6-4-2/h9,11,15,17-19,64,68,74-76,79-82,84-85,88-90H,3-8,10,12-14,16,20-63,65-67,69-73H2,1-2H3,(H,83,86)/b11-9-,17-15-,19-18-,68-64+. The van der Waals surface area contributed by atoms with Crippen LogP contribution in [-0.4, -0.2) is 100 Å². The van der Waals surface area contributed by atoms with Gasteiger partial charge in [0.05, 0.1) is 32.0 Å². The average molecular weight is 1310 g/mol. The molecular weight excluding hydrogens is 1160 g/mol. The van der Waals surface area contributed by atoms with Crippen LogP contribution < -0.4 is 5.32 Å². The van der Waals surface area contributed by atoms with Crippen LogP contribution in [0, 0.1) is 0 Å². The first-order valence-corrected chi connectivity index (χ1v) is 40.4. The number of nitrogens with one attached hydrogen (secondary N) is 1. The number of allylic oxidation sites excluding steroid dienone is 7. The first-order chi connectivity index (χ1) is 45.7. The zero-order chi connectivity index (χ0) is 67.2. The van der Waals surface area contributed by atoms with Gasteiger partial charge in [-0.15, -0.1) is 0 Å². The highest BCUT2D eigenvalue weighted by Crippen LogP contribution is 2.24. The smallest absolute Gasteiger partial charge is 0.305 e. The lowest BCUT2D eigenvalue weighted by Crippen LogP contribution is -2.60. The maximum Gasteiger partial charge on any atom is 0.305 e. The molecule has 0 aromatic carbocycles. The molecule has 0 bridgehead atoms. The Morgan fingerprint density at radius 2 is 0.731 bits per heavy atom. The molecule has 7 unspecified atom stereocenters. The second kappa shape index (κ2) is 70.9. The topological polar surface area (TPSA) is 175 Å². The van der Waals surface area contributed by atoms with Crippen LogP contribution in [0.2, 0.25) is 0 Å². The second-order valence-electron chi connectivity index (χ2n) is 28.1. The van der Waals surface area contributed by atoms with Crippen LogP contribution in [0.3, 0.4) is 0 Å². The lowest BCUT2D eigenvalue weighted by Gasteiger charge is -2.40. The molecule has 1 rings (SSSR count). The molecule has 11 heteroatoms. The van der Waals surface area contributed by atoms with E-state index in [1.807, 2.05) is 6.08 Å². The van der Waals surface area contributed by atoms with Crippen LogP contribution >= 0.6 is 0 Å². The Bertz CT molecular complexity index is 1690. The van der Waals surface area contributed by atoms with Gasteiger partial charge in [-0.25, -0.2) is 0 Å². The molecule has 0 aromatic rings. The van der Waals surface area contributed by atoms with Gasteiger partial charge in [0.1, 0.15) is 24.4 Å². The Balaban J connectivity index is 1.88. The van der Waals surface area contributed by atoms with Crippen molar-refractivity contribution in [1.29, 1.82) is 0 Å². The molecule has 0 aromatic heterocycles. The minimum absolute atomic E-state index is 0.00234. The SMILES string of the molecule is CCCC/C=C\C/C=C\CCCCCCCC(=O)OCCCCCCCCCCCCCCCCCCCC/C=C\CCCCCCCCCCCCCCCCCCCC(=O)NC(COC1OC(CO)C(O)C(O)C1O)C(O)/C=C/CCCCCCCCCCCC. The number of ether oxygens (including phenoxy) is 3. The largest absolute Gasteiger partial charge is 0.466 e. The van der Waals surface area contributed by atoms with Gasteiger partial charge in [0.25, 0.3) is 0 Å². The zero-order valence-corrected chi connectivity index (χ0v) is 61.0.